The first-order valence-electron chi connectivity index (χ1n) is 7.35. The van der Waals surface area contributed by atoms with Gasteiger partial charge in [0.05, 0.1) is 23.8 Å². The minimum Gasteiger partial charge on any atom is -0.382 e. The van der Waals surface area contributed by atoms with Gasteiger partial charge in [-0.15, -0.1) is 0 Å². The number of nitrogens with zero attached hydrogens (tertiary/aromatic N) is 4. The molecule has 2 N–H and O–H groups in total. The maximum atomic E-state index is 11.8. The number of nitrogen functional groups attached to an aromatic ring is 1. The molecule has 0 aliphatic carbocycles. The maximum absolute atomic E-state index is 11.8. The predicted octanol–water partition coefficient (Wildman–Crippen LogP) is 1.25. The van der Waals surface area contributed by atoms with E-state index in [2.05, 4.69) is 14.5 Å². The van der Waals surface area contributed by atoms with Gasteiger partial charge in [-0.3, -0.25) is 0 Å². The quantitative estimate of drug-likeness (QED) is 0.724. The number of rotatable bonds is 1. The van der Waals surface area contributed by atoms with Crippen LogP contribution in [0.5, 0.6) is 0 Å². The monoisotopic (exact) mass is 331 g/mol. The number of hydrogen-bond acceptors (Lipinski definition) is 5. The number of benzene rings is 1. The number of nitrogens with two attached hydrogens (primary N) is 1. The lowest BCUT2D eigenvalue weighted by Gasteiger charge is -2.25. The van der Waals surface area contributed by atoms with Gasteiger partial charge >= 0.3 is 0 Å². The number of sulfonamides is 1. The molecule has 0 saturated heterocycles. The highest BCUT2D eigenvalue weighted by molar-refractivity contribution is 7.88. The molecule has 4 rings (SSSR count). The van der Waals surface area contributed by atoms with Crippen molar-refractivity contribution in [3.8, 4) is 0 Å². The lowest BCUT2D eigenvalue weighted by molar-refractivity contribution is 0.341. The van der Waals surface area contributed by atoms with Crippen LogP contribution >= 0.6 is 0 Å². The number of pyridine rings is 1. The van der Waals surface area contributed by atoms with Crippen LogP contribution in [0, 0.1) is 6.92 Å². The molecule has 3 heterocycles. The number of aromatic nitrogens is 3. The number of aryl methyl sites for hydroxylation is 1. The highest BCUT2D eigenvalue weighted by Crippen LogP contribution is 2.32. The summed E-state index contributed by atoms with van der Waals surface area (Å²) in [5.41, 5.74) is 9.63. The van der Waals surface area contributed by atoms with E-state index < -0.39 is 10.0 Å². The lowest BCUT2D eigenvalue weighted by Crippen LogP contribution is -2.37. The van der Waals surface area contributed by atoms with Gasteiger partial charge in [-0.2, -0.15) is 4.31 Å². The van der Waals surface area contributed by atoms with Gasteiger partial charge in [0.2, 0.25) is 10.0 Å². The Morgan fingerprint density at radius 3 is 2.74 bits per heavy atom. The second-order valence-electron chi connectivity index (χ2n) is 5.94. The van der Waals surface area contributed by atoms with Crippen molar-refractivity contribution in [1.82, 2.24) is 18.8 Å². The first-order valence-corrected chi connectivity index (χ1v) is 9.20. The second kappa shape index (κ2) is 4.65. The summed E-state index contributed by atoms with van der Waals surface area (Å²) in [7, 11) is -3.23. The van der Waals surface area contributed by atoms with Gasteiger partial charge in [-0.25, -0.2) is 18.4 Å². The van der Waals surface area contributed by atoms with Crippen LogP contribution in [0.25, 0.3) is 21.9 Å². The minimum absolute atomic E-state index is 0.264. The van der Waals surface area contributed by atoms with Crippen molar-refractivity contribution >= 4 is 37.8 Å². The fourth-order valence-corrected chi connectivity index (χ4v) is 4.02. The van der Waals surface area contributed by atoms with Gasteiger partial charge in [-0.05, 0) is 18.6 Å². The average Bonchev–Trinajstić information content (AvgIpc) is 2.86. The van der Waals surface area contributed by atoms with E-state index in [0.717, 1.165) is 22.0 Å². The molecular weight excluding hydrogens is 314 g/mol. The molecule has 0 saturated carbocycles. The Balaban J connectivity index is 2.05. The number of anilines is 1. The molecule has 3 aromatic rings. The van der Waals surface area contributed by atoms with E-state index in [1.807, 2.05) is 25.1 Å². The third-order valence-electron chi connectivity index (χ3n) is 4.38. The van der Waals surface area contributed by atoms with Crippen LogP contribution in [0.4, 0.5) is 5.82 Å². The third-order valence-corrected chi connectivity index (χ3v) is 5.63. The van der Waals surface area contributed by atoms with Crippen molar-refractivity contribution in [2.24, 2.45) is 0 Å². The van der Waals surface area contributed by atoms with Gasteiger partial charge < -0.3 is 10.3 Å². The third kappa shape index (κ3) is 2.09. The zero-order valence-corrected chi connectivity index (χ0v) is 13.8. The Kier molecular flexibility index (Phi) is 2.91. The van der Waals surface area contributed by atoms with Crippen LogP contribution in [0.1, 0.15) is 11.4 Å². The van der Waals surface area contributed by atoms with Crippen molar-refractivity contribution < 1.29 is 8.42 Å². The normalized spacial score (nSPS) is 16.1. The van der Waals surface area contributed by atoms with Crippen LogP contribution in [0.2, 0.25) is 0 Å². The first-order chi connectivity index (χ1) is 10.9. The molecule has 2 aromatic heterocycles. The van der Waals surface area contributed by atoms with Gasteiger partial charge in [0.1, 0.15) is 11.3 Å². The van der Waals surface area contributed by atoms with Gasteiger partial charge in [0.25, 0.3) is 0 Å². The zero-order valence-electron chi connectivity index (χ0n) is 12.9. The Hall–Kier alpha value is -2.19. The molecule has 1 aliphatic heterocycles. The summed E-state index contributed by atoms with van der Waals surface area (Å²) in [5.74, 6) is 1.09. The summed E-state index contributed by atoms with van der Waals surface area (Å²) in [4.78, 5) is 9.02. The molecule has 120 valence electrons. The number of hydrogen-bond donors (Lipinski definition) is 1. The van der Waals surface area contributed by atoms with Crippen molar-refractivity contribution in [3.63, 3.8) is 0 Å². The van der Waals surface area contributed by atoms with Gasteiger partial charge in [0.15, 0.2) is 5.82 Å². The standard InChI is InChI=1S/C15H17N5O2S/c1-9-4-3-5-10-12(9)14-13(15(16)17-10)18-11-8-19(23(2,21)22)6-7-20(11)14/h3-5H,6-8H2,1-2H3,(H2,16,17). The maximum Gasteiger partial charge on any atom is 0.211 e. The van der Waals surface area contributed by atoms with Crippen molar-refractivity contribution in [2.45, 2.75) is 20.0 Å². The predicted molar refractivity (Wildman–Crippen MR) is 89.4 cm³/mol. The largest absolute Gasteiger partial charge is 0.382 e. The summed E-state index contributed by atoms with van der Waals surface area (Å²) < 4.78 is 27.1. The SMILES string of the molecule is Cc1cccc2nc(N)c3nc4n(c3c12)CCN(S(C)(=O)=O)C4. The van der Waals surface area contributed by atoms with E-state index in [-0.39, 0.29) is 6.54 Å². The van der Waals surface area contributed by atoms with E-state index in [0.29, 0.717) is 30.2 Å². The first kappa shape index (κ1) is 14.4. The average molecular weight is 331 g/mol. The van der Waals surface area contributed by atoms with Gasteiger partial charge in [0, 0.05) is 18.5 Å². The summed E-state index contributed by atoms with van der Waals surface area (Å²) in [6, 6.07) is 5.92. The van der Waals surface area contributed by atoms with Crippen LogP contribution in [0.3, 0.4) is 0 Å². The topological polar surface area (TPSA) is 94.1 Å². The van der Waals surface area contributed by atoms with Crippen molar-refractivity contribution in [1.29, 1.82) is 0 Å². The van der Waals surface area contributed by atoms with Crippen LogP contribution in [-0.4, -0.2) is 40.1 Å². The molecule has 1 aliphatic rings. The molecule has 7 nitrogen and oxygen atoms in total. The molecule has 0 bridgehead atoms. The van der Waals surface area contributed by atoms with E-state index in [1.54, 1.807) is 0 Å². The van der Waals surface area contributed by atoms with Crippen LogP contribution in [-0.2, 0) is 23.1 Å². The molecule has 0 spiro atoms. The Labute approximate surface area is 133 Å². The summed E-state index contributed by atoms with van der Waals surface area (Å²) in [5, 5.41) is 1.03. The number of imidazole rings is 1. The second-order valence-corrected chi connectivity index (χ2v) is 7.92. The molecule has 0 fully saturated rings. The lowest BCUT2D eigenvalue weighted by atomic mass is 10.1. The smallest absolute Gasteiger partial charge is 0.211 e. The number of fused-ring (bicyclic) bond motifs is 5. The van der Waals surface area contributed by atoms with Crippen LogP contribution < -0.4 is 5.73 Å². The van der Waals surface area contributed by atoms with Crippen molar-refractivity contribution in [2.75, 3.05) is 18.5 Å². The molecule has 23 heavy (non-hydrogen) atoms. The Bertz CT molecular complexity index is 1050. The summed E-state index contributed by atoms with van der Waals surface area (Å²) in [6.07, 6.45) is 1.22. The van der Waals surface area contributed by atoms with E-state index in [4.69, 9.17) is 5.73 Å². The highest BCUT2D eigenvalue weighted by atomic mass is 32.2. The molecule has 8 heteroatoms. The Morgan fingerprint density at radius 2 is 2.00 bits per heavy atom. The summed E-state index contributed by atoms with van der Waals surface area (Å²) in [6.45, 7) is 3.30. The van der Waals surface area contributed by atoms with Gasteiger partial charge in [-0.1, -0.05) is 12.1 Å². The molecular formula is C15H17N5O2S. The molecule has 0 radical (unpaired) electrons. The van der Waals surface area contributed by atoms with E-state index >= 15 is 0 Å². The van der Waals surface area contributed by atoms with Crippen LogP contribution in [0.15, 0.2) is 18.2 Å². The molecule has 1 aromatic carbocycles. The Morgan fingerprint density at radius 1 is 1.22 bits per heavy atom. The molecule has 0 unspecified atom stereocenters. The highest BCUT2D eigenvalue weighted by Gasteiger charge is 2.27. The van der Waals surface area contributed by atoms with E-state index in [1.165, 1.54) is 10.6 Å². The fourth-order valence-electron chi connectivity index (χ4n) is 3.26. The molecule has 0 amide bonds. The van der Waals surface area contributed by atoms with E-state index in [9.17, 15) is 8.42 Å². The minimum atomic E-state index is -3.23. The zero-order chi connectivity index (χ0) is 16.4. The fraction of sp³-hybridized carbons (Fsp3) is 0.333. The molecule has 0 atom stereocenters. The summed E-state index contributed by atoms with van der Waals surface area (Å²) >= 11 is 0. The van der Waals surface area contributed by atoms with Crippen molar-refractivity contribution in [3.05, 3.63) is 29.6 Å².